The SMILES string of the molecule is Cl.O=C1CCC(N2C(=O)c3cccc(NC4CCNC4)c3C2=O)C(=O)N1. The third-order valence-corrected chi connectivity index (χ3v) is 4.89. The Hall–Kier alpha value is -2.45. The lowest BCUT2D eigenvalue weighted by Gasteiger charge is -2.27. The van der Waals surface area contributed by atoms with Gasteiger partial charge in [-0.3, -0.25) is 29.4 Å². The molecule has 3 heterocycles. The number of benzene rings is 1. The summed E-state index contributed by atoms with van der Waals surface area (Å²) >= 11 is 0. The van der Waals surface area contributed by atoms with Crippen molar-refractivity contribution in [2.24, 2.45) is 0 Å². The van der Waals surface area contributed by atoms with Crippen molar-refractivity contribution in [2.45, 2.75) is 31.3 Å². The molecule has 3 aliphatic rings. The Bertz CT molecular complexity index is 791. The Morgan fingerprint density at radius 3 is 2.58 bits per heavy atom. The summed E-state index contributed by atoms with van der Waals surface area (Å²) in [5.41, 5.74) is 1.22. The van der Waals surface area contributed by atoms with Crippen LogP contribution in [0, 0.1) is 0 Å². The van der Waals surface area contributed by atoms with E-state index in [1.54, 1.807) is 18.2 Å². The zero-order valence-electron chi connectivity index (χ0n) is 13.9. The van der Waals surface area contributed by atoms with Crippen molar-refractivity contribution in [2.75, 3.05) is 18.4 Å². The van der Waals surface area contributed by atoms with Crippen LogP contribution < -0.4 is 16.0 Å². The van der Waals surface area contributed by atoms with Gasteiger partial charge in [-0.2, -0.15) is 0 Å². The number of rotatable bonds is 3. The number of hydrogen-bond acceptors (Lipinski definition) is 6. The smallest absolute Gasteiger partial charge is 0.264 e. The van der Waals surface area contributed by atoms with Gasteiger partial charge in [0.15, 0.2) is 0 Å². The molecule has 4 amide bonds. The summed E-state index contributed by atoms with van der Waals surface area (Å²) < 4.78 is 0. The van der Waals surface area contributed by atoms with Gasteiger partial charge in [0.2, 0.25) is 11.8 Å². The highest BCUT2D eigenvalue weighted by Gasteiger charge is 2.45. The summed E-state index contributed by atoms with van der Waals surface area (Å²) in [7, 11) is 0. The molecule has 2 atom stereocenters. The lowest BCUT2D eigenvalue weighted by molar-refractivity contribution is -0.136. The van der Waals surface area contributed by atoms with Crippen LogP contribution in [0.3, 0.4) is 0 Å². The Labute approximate surface area is 156 Å². The number of carbonyl (C=O) groups is 4. The first kappa shape index (κ1) is 18.3. The van der Waals surface area contributed by atoms with Crippen LogP contribution in [0.15, 0.2) is 18.2 Å². The standard InChI is InChI=1S/C17H18N4O4.ClH/c22-13-5-4-12(15(23)20-13)21-16(24)10-2-1-3-11(14(10)17(21)25)19-9-6-7-18-8-9;/h1-3,9,12,18-19H,4-8H2,(H,20,22,23);1H. The second-order valence-electron chi connectivity index (χ2n) is 6.51. The maximum Gasteiger partial charge on any atom is 0.264 e. The molecule has 2 saturated heterocycles. The van der Waals surface area contributed by atoms with Gasteiger partial charge in [-0.25, -0.2) is 0 Å². The number of halogens is 1. The zero-order valence-corrected chi connectivity index (χ0v) is 14.7. The number of anilines is 1. The molecular formula is C17H19ClN4O4. The highest BCUT2D eigenvalue weighted by molar-refractivity contribution is 6.25. The molecule has 0 spiro atoms. The fourth-order valence-electron chi connectivity index (χ4n) is 3.63. The molecule has 3 aliphatic heterocycles. The van der Waals surface area contributed by atoms with E-state index in [0.29, 0.717) is 16.8 Å². The van der Waals surface area contributed by atoms with E-state index in [9.17, 15) is 19.2 Å². The van der Waals surface area contributed by atoms with Gasteiger partial charge in [0.1, 0.15) is 6.04 Å². The van der Waals surface area contributed by atoms with Crippen LogP contribution in [0.2, 0.25) is 0 Å². The van der Waals surface area contributed by atoms with Gasteiger partial charge in [0, 0.05) is 24.7 Å². The lowest BCUT2D eigenvalue weighted by atomic mass is 10.0. The van der Waals surface area contributed by atoms with Crippen LogP contribution in [0.4, 0.5) is 5.69 Å². The summed E-state index contributed by atoms with van der Waals surface area (Å²) in [6.07, 6.45) is 1.21. The molecule has 138 valence electrons. The van der Waals surface area contributed by atoms with Gasteiger partial charge in [-0.05, 0) is 31.5 Å². The molecule has 1 aromatic carbocycles. The van der Waals surface area contributed by atoms with Crippen molar-refractivity contribution in [1.29, 1.82) is 0 Å². The van der Waals surface area contributed by atoms with Crippen LogP contribution in [0.5, 0.6) is 0 Å². The molecular weight excluding hydrogens is 360 g/mol. The van der Waals surface area contributed by atoms with Crippen molar-refractivity contribution in [3.63, 3.8) is 0 Å². The van der Waals surface area contributed by atoms with E-state index in [1.165, 1.54) is 0 Å². The van der Waals surface area contributed by atoms with Gasteiger partial charge in [-0.1, -0.05) is 6.07 Å². The summed E-state index contributed by atoms with van der Waals surface area (Å²) in [6, 6.07) is 4.35. The summed E-state index contributed by atoms with van der Waals surface area (Å²) in [4.78, 5) is 50.0. The first-order valence-electron chi connectivity index (χ1n) is 8.38. The molecule has 2 unspecified atom stereocenters. The molecule has 0 saturated carbocycles. The fraction of sp³-hybridized carbons (Fsp3) is 0.412. The van der Waals surface area contributed by atoms with Gasteiger partial charge in [-0.15, -0.1) is 12.4 Å². The minimum atomic E-state index is -0.939. The number of carbonyl (C=O) groups excluding carboxylic acids is 4. The molecule has 2 fully saturated rings. The van der Waals surface area contributed by atoms with E-state index in [0.717, 1.165) is 24.4 Å². The topological polar surface area (TPSA) is 108 Å². The van der Waals surface area contributed by atoms with Crippen molar-refractivity contribution in [3.8, 4) is 0 Å². The van der Waals surface area contributed by atoms with Gasteiger partial charge in [0.05, 0.1) is 11.1 Å². The van der Waals surface area contributed by atoms with Crippen LogP contribution in [0.25, 0.3) is 0 Å². The minimum Gasteiger partial charge on any atom is -0.380 e. The van der Waals surface area contributed by atoms with E-state index >= 15 is 0 Å². The van der Waals surface area contributed by atoms with Crippen LogP contribution in [-0.2, 0) is 9.59 Å². The molecule has 0 aromatic heterocycles. The highest BCUT2D eigenvalue weighted by atomic mass is 35.5. The third-order valence-electron chi connectivity index (χ3n) is 4.89. The molecule has 1 aromatic rings. The van der Waals surface area contributed by atoms with Crippen LogP contribution >= 0.6 is 12.4 Å². The monoisotopic (exact) mass is 378 g/mol. The number of nitrogens with zero attached hydrogens (tertiary/aromatic N) is 1. The average Bonchev–Trinajstić information content (AvgIpc) is 3.17. The van der Waals surface area contributed by atoms with E-state index in [2.05, 4.69) is 16.0 Å². The van der Waals surface area contributed by atoms with Crippen molar-refractivity contribution in [1.82, 2.24) is 15.5 Å². The third kappa shape index (κ3) is 2.95. The fourth-order valence-corrected chi connectivity index (χ4v) is 3.63. The van der Waals surface area contributed by atoms with Gasteiger partial charge in [0.25, 0.3) is 11.8 Å². The van der Waals surface area contributed by atoms with Crippen LogP contribution in [-0.4, -0.2) is 53.7 Å². The minimum absolute atomic E-state index is 0. The summed E-state index contributed by atoms with van der Waals surface area (Å²) in [6.45, 7) is 1.70. The van der Waals surface area contributed by atoms with Crippen molar-refractivity contribution >= 4 is 41.7 Å². The largest absolute Gasteiger partial charge is 0.380 e. The molecule has 4 rings (SSSR count). The Kier molecular flexibility index (Phi) is 4.97. The maximum absolute atomic E-state index is 12.9. The molecule has 9 heteroatoms. The van der Waals surface area contributed by atoms with E-state index in [4.69, 9.17) is 0 Å². The quantitative estimate of drug-likeness (QED) is 0.652. The summed E-state index contributed by atoms with van der Waals surface area (Å²) in [5.74, 6) is -1.94. The molecule has 0 radical (unpaired) electrons. The molecule has 0 bridgehead atoms. The van der Waals surface area contributed by atoms with Crippen LogP contribution in [0.1, 0.15) is 40.0 Å². The lowest BCUT2D eigenvalue weighted by Crippen LogP contribution is -2.54. The predicted octanol–water partition coefficient (Wildman–Crippen LogP) is 0.283. The molecule has 0 aliphatic carbocycles. The Balaban J connectivity index is 0.00000196. The van der Waals surface area contributed by atoms with E-state index in [-0.39, 0.29) is 37.2 Å². The average molecular weight is 379 g/mol. The first-order chi connectivity index (χ1) is 12.1. The number of piperidine rings is 1. The van der Waals surface area contributed by atoms with E-state index < -0.39 is 23.8 Å². The Morgan fingerprint density at radius 2 is 1.88 bits per heavy atom. The predicted molar refractivity (Wildman–Crippen MR) is 95.3 cm³/mol. The number of nitrogens with one attached hydrogen (secondary N) is 3. The van der Waals surface area contributed by atoms with Crippen molar-refractivity contribution < 1.29 is 19.2 Å². The number of imide groups is 2. The Morgan fingerprint density at radius 1 is 1.08 bits per heavy atom. The zero-order chi connectivity index (χ0) is 17.6. The maximum atomic E-state index is 12.9. The van der Waals surface area contributed by atoms with Crippen molar-refractivity contribution in [3.05, 3.63) is 29.3 Å². The molecule has 3 N–H and O–H groups in total. The second kappa shape index (κ2) is 7.05. The summed E-state index contributed by atoms with van der Waals surface area (Å²) in [5, 5.41) is 8.76. The van der Waals surface area contributed by atoms with Gasteiger partial charge >= 0.3 is 0 Å². The second-order valence-corrected chi connectivity index (χ2v) is 6.51. The number of fused-ring (bicyclic) bond motifs is 1. The van der Waals surface area contributed by atoms with Gasteiger partial charge < -0.3 is 10.6 Å². The van der Waals surface area contributed by atoms with E-state index in [1.807, 2.05) is 0 Å². The highest BCUT2D eigenvalue weighted by Crippen LogP contribution is 2.32. The molecule has 26 heavy (non-hydrogen) atoms. The number of hydrogen-bond donors (Lipinski definition) is 3. The molecule has 8 nitrogen and oxygen atoms in total. The first-order valence-corrected chi connectivity index (χ1v) is 8.38. The number of amides is 4. The normalized spacial score (nSPS) is 25.0.